The summed E-state index contributed by atoms with van der Waals surface area (Å²) in [5.74, 6) is 1.71. The summed E-state index contributed by atoms with van der Waals surface area (Å²) < 4.78 is 9.77. The number of hydrogen-bond acceptors (Lipinski definition) is 2. The van der Waals surface area contributed by atoms with Gasteiger partial charge in [-0.3, -0.25) is 0 Å². The molecule has 2 nitrogen and oxygen atoms in total. The number of ether oxygens (including phenoxy) is 2. The van der Waals surface area contributed by atoms with Crippen molar-refractivity contribution in [2.24, 2.45) is 0 Å². The number of allylic oxidation sites excluding steroid dienone is 4. The average molecular weight is 518 g/mol. The molecule has 2 aromatic carbocycles. The maximum Gasteiger partial charge on any atom is 2.00 e. The van der Waals surface area contributed by atoms with Gasteiger partial charge in [0, 0.05) is 11.5 Å². The minimum atomic E-state index is 0. The zero-order valence-corrected chi connectivity index (χ0v) is 17.2. The van der Waals surface area contributed by atoms with Crippen molar-refractivity contribution in [2.45, 2.75) is 25.7 Å². The smallest absolute Gasteiger partial charge is 0.554 e. The number of methoxy groups -OCH3 is 2. The standard InChI is InChI=1S/C8H12.2C7H7O.Pt/c1-2-4-6-8-7-5-3-1;2*1-8-7-5-3-2-4-6-7;/h1-2,7-8H,3-6H2;2*2-3,5-6H,1H3;/q;2*-1;+2. The van der Waals surface area contributed by atoms with Gasteiger partial charge >= 0.3 is 21.1 Å². The normalized spacial score (nSPS) is 11.9. The molecule has 0 saturated heterocycles. The van der Waals surface area contributed by atoms with Crippen molar-refractivity contribution >= 4 is 0 Å². The third-order valence-electron chi connectivity index (χ3n) is 3.16. The molecular formula is C22H26O2Pt. The Bertz CT molecular complexity index is 500. The van der Waals surface area contributed by atoms with Crippen LogP contribution in [0.5, 0.6) is 11.5 Å². The molecule has 2 aromatic rings. The van der Waals surface area contributed by atoms with E-state index in [2.05, 4.69) is 36.4 Å². The van der Waals surface area contributed by atoms with E-state index in [0.717, 1.165) is 11.5 Å². The van der Waals surface area contributed by atoms with Crippen molar-refractivity contribution in [3.05, 3.63) is 85.0 Å². The Labute approximate surface area is 166 Å². The first-order chi connectivity index (χ1) is 11.9. The number of rotatable bonds is 2. The summed E-state index contributed by atoms with van der Waals surface area (Å²) >= 11 is 0. The van der Waals surface area contributed by atoms with Crippen LogP contribution in [0.3, 0.4) is 0 Å². The van der Waals surface area contributed by atoms with Crippen LogP contribution in [-0.4, -0.2) is 14.2 Å². The van der Waals surface area contributed by atoms with Gasteiger partial charge in [0.25, 0.3) is 0 Å². The van der Waals surface area contributed by atoms with Gasteiger partial charge in [-0.05, 0) is 25.7 Å². The number of benzene rings is 2. The van der Waals surface area contributed by atoms with Gasteiger partial charge in [0.1, 0.15) is 0 Å². The van der Waals surface area contributed by atoms with Crippen LogP contribution >= 0.6 is 0 Å². The second-order valence-corrected chi connectivity index (χ2v) is 4.98. The summed E-state index contributed by atoms with van der Waals surface area (Å²) in [6.45, 7) is 0. The minimum absolute atomic E-state index is 0. The third kappa shape index (κ3) is 13.2. The fourth-order valence-electron chi connectivity index (χ4n) is 1.86. The summed E-state index contributed by atoms with van der Waals surface area (Å²) in [7, 11) is 3.28. The van der Waals surface area contributed by atoms with Crippen LogP contribution in [0.15, 0.2) is 72.8 Å². The van der Waals surface area contributed by atoms with Crippen LogP contribution in [0, 0.1) is 12.1 Å². The maximum atomic E-state index is 4.88. The first-order valence-corrected chi connectivity index (χ1v) is 8.17. The van der Waals surface area contributed by atoms with Crippen LogP contribution in [0.2, 0.25) is 0 Å². The number of hydrogen-bond donors (Lipinski definition) is 0. The van der Waals surface area contributed by atoms with Gasteiger partial charge in [-0.2, -0.15) is 36.4 Å². The second kappa shape index (κ2) is 17.0. The van der Waals surface area contributed by atoms with Crippen molar-refractivity contribution in [3.63, 3.8) is 0 Å². The summed E-state index contributed by atoms with van der Waals surface area (Å²) in [6, 6.07) is 20.6. The Morgan fingerprint density at radius 1 is 0.680 bits per heavy atom. The van der Waals surface area contributed by atoms with E-state index in [1.165, 1.54) is 25.7 Å². The van der Waals surface area contributed by atoms with E-state index < -0.39 is 0 Å². The van der Waals surface area contributed by atoms with Crippen molar-refractivity contribution < 1.29 is 30.5 Å². The molecule has 0 radical (unpaired) electrons. The van der Waals surface area contributed by atoms with Crippen molar-refractivity contribution in [1.82, 2.24) is 0 Å². The third-order valence-corrected chi connectivity index (χ3v) is 3.16. The summed E-state index contributed by atoms with van der Waals surface area (Å²) in [6.07, 6.45) is 14.0. The molecule has 0 fully saturated rings. The quantitative estimate of drug-likeness (QED) is 0.378. The zero-order chi connectivity index (χ0) is 17.3. The van der Waals surface area contributed by atoms with E-state index >= 15 is 0 Å². The summed E-state index contributed by atoms with van der Waals surface area (Å²) in [5, 5.41) is 0. The van der Waals surface area contributed by atoms with Crippen LogP contribution in [0.1, 0.15) is 25.7 Å². The predicted octanol–water partition coefficient (Wildman–Crippen LogP) is 5.66. The molecule has 0 unspecified atom stereocenters. The van der Waals surface area contributed by atoms with Crippen molar-refractivity contribution in [3.8, 4) is 11.5 Å². The van der Waals surface area contributed by atoms with Gasteiger partial charge in [0.15, 0.2) is 0 Å². The SMILES string of the molecule is C1=CCCC=CCC1.COc1c[c-]ccc1.COc1c[c-]ccc1.[Pt+2]. The molecule has 0 atom stereocenters. The molecule has 0 amide bonds. The van der Waals surface area contributed by atoms with E-state index in [4.69, 9.17) is 9.47 Å². The van der Waals surface area contributed by atoms with Gasteiger partial charge in [-0.25, -0.2) is 0 Å². The molecule has 0 N–H and O–H groups in total. The fourth-order valence-corrected chi connectivity index (χ4v) is 1.86. The summed E-state index contributed by atoms with van der Waals surface area (Å²) in [4.78, 5) is 0. The molecular weight excluding hydrogens is 491 g/mol. The molecule has 0 saturated carbocycles. The van der Waals surface area contributed by atoms with Crippen LogP contribution in [0.4, 0.5) is 0 Å². The zero-order valence-electron chi connectivity index (χ0n) is 14.9. The van der Waals surface area contributed by atoms with Crippen LogP contribution < -0.4 is 9.47 Å². The van der Waals surface area contributed by atoms with E-state index in [1.807, 2.05) is 36.4 Å². The van der Waals surface area contributed by atoms with E-state index in [9.17, 15) is 0 Å². The van der Waals surface area contributed by atoms with E-state index in [1.54, 1.807) is 26.4 Å². The van der Waals surface area contributed by atoms with Gasteiger partial charge in [0.05, 0.1) is 14.2 Å². The van der Waals surface area contributed by atoms with Crippen LogP contribution in [0.25, 0.3) is 0 Å². The molecule has 1 aliphatic rings. The van der Waals surface area contributed by atoms with Gasteiger partial charge in [-0.15, -0.1) is 24.3 Å². The molecule has 0 bridgehead atoms. The molecule has 3 heteroatoms. The molecule has 1 aliphatic carbocycles. The topological polar surface area (TPSA) is 18.5 Å². The Hall–Kier alpha value is -1.79. The van der Waals surface area contributed by atoms with Crippen molar-refractivity contribution in [1.29, 1.82) is 0 Å². The van der Waals surface area contributed by atoms with Gasteiger partial charge in [-0.1, -0.05) is 24.3 Å². The van der Waals surface area contributed by atoms with Crippen LogP contribution in [-0.2, 0) is 21.1 Å². The Balaban J connectivity index is 0.000000339. The van der Waals surface area contributed by atoms with Gasteiger partial charge < -0.3 is 9.47 Å². The first-order valence-electron chi connectivity index (χ1n) is 8.17. The molecule has 0 spiro atoms. The summed E-state index contributed by atoms with van der Waals surface area (Å²) in [5.41, 5.74) is 0. The predicted molar refractivity (Wildman–Crippen MR) is 100 cm³/mol. The fraction of sp³-hybridized carbons (Fsp3) is 0.273. The van der Waals surface area contributed by atoms with Gasteiger partial charge in [0.2, 0.25) is 0 Å². The second-order valence-electron chi connectivity index (χ2n) is 4.98. The Morgan fingerprint density at radius 2 is 1.04 bits per heavy atom. The van der Waals surface area contributed by atoms with Crippen molar-refractivity contribution in [2.75, 3.05) is 14.2 Å². The largest absolute Gasteiger partial charge is 2.00 e. The van der Waals surface area contributed by atoms with E-state index in [-0.39, 0.29) is 21.1 Å². The molecule has 0 aromatic heterocycles. The Kier molecular flexibility index (Phi) is 15.8. The molecule has 0 aliphatic heterocycles. The van der Waals surface area contributed by atoms with E-state index in [0.29, 0.717) is 0 Å². The first kappa shape index (κ1) is 23.2. The Morgan fingerprint density at radius 3 is 1.24 bits per heavy atom. The molecule has 25 heavy (non-hydrogen) atoms. The minimum Gasteiger partial charge on any atom is -0.554 e. The molecule has 136 valence electrons. The average Bonchev–Trinajstić information content (AvgIpc) is 2.63. The monoisotopic (exact) mass is 517 g/mol. The molecule has 3 rings (SSSR count). The maximum absolute atomic E-state index is 4.88. The molecule has 0 heterocycles.